The van der Waals surface area contributed by atoms with E-state index in [9.17, 15) is 0 Å². The van der Waals surface area contributed by atoms with Crippen LogP contribution in [0.3, 0.4) is 0 Å². The summed E-state index contributed by atoms with van der Waals surface area (Å²) in [5, 5.41) is 0.805. The maximum Gasteiger partial charge on any atom is 0.0562 e. The van der Waals surface area contributed by atoms with Crippen molar-refractivity contribution >= 4 is 17.2 Å². The van der Waals surface area contributed by atoms with E-state index in [0.29, 0.717) is 6.04 Å². The summed E-state index contributed by atoms with van der Waals surface area (Å²) in [5.41, 5.74) is 5.78. The summed E-state index contributed by atoms with van der Waals surface area (Å²) in [6, 6.07) is 19.5. The largest absolute Gasteiger partial charge is 0.299 e. The van der Waals surface area contributed by atoms with Crippen LogP contribution in [0, 0.1) is 0 Å². The van der Waals surface area contributed by atoms with E-state index in [-0.39, 0.29) is 0 Å². The van der Waals surface area contributed by atoms with Crippen molar-refractivity contribution in [3.8, 4) is 0 Å². The van der Waals surface area contributed by atoms with Crippen LogP contribution in [0.25, 0.3) is 5.57 Å². The quantitative estimate of drug-likeness (QED) is 0.669. The van der Waals surface area contributed by atoms with Crippen molar-refractivity contribution in [3.63, 3.8) is 0 Å². The molecular weight excluding hydrogens is 302 g/mol. The molecule has 0 aromatic heterocycles. The third-order valence-electron chi connectivity index (χ3n) is 4.66. The summed E-state index contributed by atoms with van der Waals surface area (Å²) >= 11 is 6.07. The fraction of sp³-hybridized carbons (Fsp3) is 0.333. The number of hydrogen-bond donors (Lipinski definition) is 0. The van der Waals surface area contributed by atoms with Crippen molar-refractivity contribution in [2.75, 3.05) is 14.1 Å². The Balaban J connectivity index is 2.09. The molecular formula is C21H24ClN. The Kier molecular flexibility index (Phi) is 5.20. The highest BCUT2D eigenvalue weighted by Gasteiger charge is 2.25. The summed E-state index contributed by atoms with van der Waals surface area (Å²) in [6.07, 6.45) is 4.89. The third-order valence-corrected chi connectivity index (χ3v) is 4.92. The zero-order chi connectivity index (χ0) is 16.2. The second kappa shape index (κ2) is 7.33. The SMILES string of the molecule is CN(C)C(C1=C(c2ccc(Cl)cc2)CCCC1)c1ccccc1. The van der Waals surface area contributed by atoms with Crippen molar-refractivity contribution in [2.45, 2.75) is 31.7 Å². The van der Waals surface area contributed by atoms with Crippen LogP contribution in [0.5, 0.6) is 0 Å². The smallest absolute Gasteiger partial charge is 0.0562 e. The number of allylic oxidation sites excluding steroid dienone is 1. The Morgan fingerprint density at radius 3 is 2.17 bits per heavy atom. The molecule has 2 heteroatoms. The molecule has 1 nitrogen and oxygen atoms in total. The number of rotatable bonds is 4. The minimum atomic E-state index is 0.349. The van der Waals surface area contributed by atoms with Gasteiger partial charge in [0.2, 0.25) is 0 Å². The van der Waals surface area contributed by atoms with E-state index in [0.717, 1.165) is 11.4 Å². The first-order chi connectivity index (χ1) is 11.2. The standard InChI is InChI=1S/C21H24ClN/c1-23(2)21(17-8-4-3-5-9-17)20-11-7-6-10-19(20)16-12-14-18(22)15-13-16/h3-5,8-9,12-15,21H,6-7,10-11H2,1-2H3. The van der Waals surface area contributed by atoms with Gasteiger partial charge in [-0.25, -0.2) is 0 Å². The van der Waals surface area contributed by atoms with Crippen LogP contribution in [0.1, 0.15) is 42.9 Å². The second-order valence-electron chi connectivity index (χ2n) is 6.49. The van der Waals surface area contributed by atoms with Gasteiger partial charge in [-0.15, -0.1) is 0 Å². The van der Waals surface area contributed by atoms with Crippen LogP contribution in [0.4, 0.5) is 0 Å². The molecule has 0 amide bonds. The molecule has 2 aromatic rings. The van der Waals surface area contributed by atoms with E-state index in [1.165, 1.54) is 36.0 Å². The molecule has 0 spiro atoms. The van der Waals surface area contributed by atoms with Crippen molar-refractivity contribution in [2.24, 2.45) is 0 Å². The van der Waals surface area contributed by atoms with Gasteiger partial charge in [0, 0.05) is 5.02 Å². The van der Waals surface area contributed by atoms with Crippen LogP contribution < -0.4 is 0 Å². The average molecular weight is 326 g/mol. The van der Waals surface area contributed by atoms with Crippen LogP contribution in [0.2, 0.25) is 5.02 Å². The molecule has 0 N–H and O–H groups in total. The van der Waals surface area contributed by atoms with Crippen molar-refractivity contribution < 1.29 is 0 Å². The lowest BCUT2D eigenvalue weighted by molar-refractivity contribution is 0.328. The topological polar surface area (TPSA) is 3.24 Å². The van der Waals surface area contributed by atoms with Crippen LogP contribution in [-0.4, -0.2) is 19.0 Å². The number of halogens is 1. The molecule has 3 rings (SSSR count). The third kappa shape index (κ3) is 3.68. The van der Waals surface area contributed by atoms with E-state index < -0.39 is 0 Å². The maximum atomic E-state index is 6.07. The monoisotopic (exact) mass is 325 g/mol. The second-order valence-corrected chi connectivity index (χ2v) is 6.93. The van der Waals surface area contributed by atoms with Gasteiger partial charge in [-0.3, -0.25) is 4.90 Å². The number of nitrogens with zero attached hydrogens (tertiary/aromatic N) is 1. The van der Waals surface area contributed by atoms with Crippen molar-refractivity contribution in [1.82, 2.24) is 4.90 Å². The lowest BCUT2D eigenvalue weighted by Crippen LogP contribution is -2.24. The fourth-order valence-corrected chi connectivity index (χ4v) is 3.78. The molecule has 23 heavy (non-hydrogen) atoms. The average Bonchev–Trinajstić information content (AvgIpc) is 2.57. The predicted molar refractivity (Wildman–Crippen MR) is 99.7 cm³/mol. The molecule has 1 unspecified atom stereocenters. The lowest BCUT2D eigenvalue weighted by atomic mass is 9.81. The summed E-state index contributed by atoms with van der Waals surface area (Å²) in [5.74, 6) is 0. The van der Waals surface area contributed by atoms with Gasteiger partial charge in [-0.1, -0.05) is 54.1 Å². The van der Waals surface area contributed by atoms with Crippen LogP contribution >= 0.6 is 11.6 Å². The van der Waals surface area contributed by atoms with Gasteiger partial charge >= 0.3 is 0 Å². The van der Waals surface area contributed by atoms with E-state index in [1.807, 2.05) is 12.1 Å². The molecule has 1 aliphatic carbocycles. The van der Waals surface area contributed by atoms with Crippen LogP contribution in [0.15, 0.2) is 60.2 Å². The first-order valence-electron chi connectivity index (χ1n) is 8.36. The van der Waals surface area contributed by atoms with E-state index in [2.05, 4.69) is 61.5 Å². The Hall–Kier alpha value is -1.57. The molecule has 0 bridgehead atoms. The Labute approximate surface area is 144 Å². The summed E-state index contributed by atoms with van der Waals surface area (Å²) in [7, 11) is 4.36. The molecule has 0 radical (unpaired) electrons. The summed E-state index contributed by atoms with van der Waals surface area (Å²) in [6.45, 7) is 0. The fourth-order valence-electron chi connectivity index (χ4n) is 3.66. The van der Waals surface area contributed by atoms with E-state index in [4.69, 9.17) is 11.6 Å². The number of hydrogen-bond acceptors (Lipinski definition) is 1. The first-order valence-corrected chi connectivity index (χ1v) is 8.74. The van der Waals surface area contributed by atoms with Gasteiger partial charge < -0.3 is 0 Å². The molecule has 120 valence electrons. The zero-order valence-corrected chi connectivity index (χ0v) is 14.7. The van der Waals surface area contributed by atoms with Crippen LogP contribution in [-0.2, 0) is 0 Å². The lowest BCUT2D eigenvalue weighted by Gasteiger charge is -2.32. The minimum Gasteiger partial charge on any atom is -0.299 e. The summed E-state index contributed by atoms with van der Waals surface area (Å²) < 4.78 is 0. The van der Waals surface area contributed by atoms with E-state index in [1.54, 1.807) is 5.57 Å². The highest BCUT2D eigenvalue weighted by molar-refractivity contribution is 6.30. The molecule has 1 atom stereocenters. The van der Waals surface area contributed by atoms with Gasteiger partial charge in [0.25, 0.3) is 0 Å². The Morgan fingerprint density at radius 2 is 1.52 bits per heavy atom. The molecule has 0 fully saturated rings. The molecule has 0 saturated carbocycles. The zero-order valence-electron chi connectivity index (χ0n) is 13.9. The van der Waals surface area contributed by atoms with Gasteiger partial charge in [0.05, 0.1) is 6.04 Å². The van der Waals surface area contributed by atoms with Gasteiger partial charge in [0.1, 0.15) is 0 Å². The number of benzene rings is 2. The van der Waals surface area contributed by atoms with Crippen molar-refractivity contribution in [1.29, 1.82) is 0 Å². The molecule has 2 aromatic carbocycles. The number of likely N-dealkylation sites (N-methyl/N-ethyl adjacent to an activating group) is 1. The molecule has 0 saturated heterocycles. The molecule has 0 heterocycles. The predicted octanol–water partition coefficient (Wildman–Crippen LogP) is 5.97. The summed E-state index contributed by atoms with van der Waals surface area (Å²) in [4.78, 5) is 2.34. The van der Waals surface area contributed by atoms with E-state index >= 15 is 0 Å². The molecule has 0 aliphatic heterocycles. The normalized spacial score (nSPS) is 16.7. The maximum absolute atomic E-state index is 6.07. The van der Waals surface area contributed by atoms with Crippen molar-refractivity contribution in [3.05, 3.63) is 76.3 Å². The van der Waals surface area contributed by atoms with Gasteiger partial charge in [0.15, 0.2) is 0 Å². The molecule has 1 aliphatic rings. The highest BCUT2D eigenvalue weighted by Crippen LogP contribution is 2.41. The highest BCUT2D eigenvalue weighted by atomic mass is 35.5. The van der Waals surface area contributed by atoms with Gasteiger partial charge in [-0.2, -0.15) is 0 Å². The first kappa shape index (κ1) is 16.3. The Bertz CT molecular complexity index is 671. The Morgan fingerprint density at radius 1 is 0.870 bits per heavy atom. The van der Waals surface area contributed by atoms with Gasteiger partial charge in [-0.05, 0) is 74.2 Å². The minimum absolute atomic E-state index is 0.349.